The number of rotatable bonds is 5. The molecule has 2 aromatic rings. The Morgan fingerprint density at radius 2 is 1.79 bits per heavy atom. The lowest BCUT2D eigenvalue weighted by atomic mass is 10.0. The number of hydrogen-bond donors (Lipinski definition) is 2. The Balaban J connectivity index is 2.08. The van der Waals surface area contributed by atoms with Crippen LogP contribution in [0.5, 0.6) is 0 Å². The minimum absolute atomic E-state index is 0.105. The maximum absolute atomic E-state index is 12.3. The van der Waals surface area contributed by atoms with E-state index >= 15 is 0 Å². The highest BCUT2D eigenvalue weighted by Gasteiger charge is 2.14. The van der Waals surface area contributed by atoms with Gasteiger partial charge in [-0.05, 0) is 30.2 Å². The topological polar surface area (TPSA) is 75.4 Å². The molecular formula is C19H23N3O2. The summed E-state index contributed by atoms with van der Waals surface area (Å²) in [5.41, 5.74) is 9.06. The van der Waals surface area contributed by atoms with Gasteiger partial charge in [-0.2, -0.15) is 0 Å². The summed E-state index contributed by atoms with van der Waals surface area (Å²) in [7, 11) is 3.39. The van der Waals surface area contributed by atoms with E-state index in [4.69, 9.17) is 5.73 Å². The number of amides is 2. The number of benzene rings is 2. The minimum atomic E-state index is -0.363. The van der Waals surface area contributed by atoms with E-state index in [0.29, 0.717) is 11.3 Å². The molecule has 0 heterocycles. The van der Waals surface area contributed by atoms with E-state index in [-0.39, 0.29) is 24.3 Å². The van der Waals surface area contributed by atoms with Gasteiger partial charge >= 0.3 is 0 Å². The fourth-order valence-electron chi connectivity index (χ4n) is 2.37. The molecule has 2 aromatic carbocycles. The second-order valence-electron chi connectivity index (χ2n) is 6.00. The van der Waals surface area contributed by atoms with Crippen molar-refractivity contribution in [1.82, 2.24) is 4.90 Å². The van der Waals surface area contributed by atoms with Crippen molar-refractivity contribution in [3.05, 3.63) is 65.2 Å². The molecule has 0 aliphatic heterocycles. The monoisotopic (exact) mass is 325 g/mol. The van der Waals surface area contributed by atoms with Gasteiger partial charge in [-0.1, -0.05) is 36.4 Å². The predicted molar refractivity (Wildman–Crippen MR) is 95.8 cm³/mol. The first-order valence-electron chi connectivity index (χ1n) is 7.81. The van der Waals surface area contributed by atoms with E-state index in [1.807, 2.05) is 43.3 Å². The van der Waals surface area contributed by atoms with E-state index in [9.17, 15) is 9.59 Å². The van der Waals surface area contributed by atoms with Crippen LogP contribution in [-0.2, 0) is 4.79 Å². The molecule has 0 radical (unpaired) electrons. The quantitative estimate of drug-likeness (QED) is 0.887. The molecule has 0 saturated carbocycles. The minimum Gasteiger partial charge on any atom is -0.345 e. The van der Waals surface area contributed by atoms with Crippen LogP contribution in [0.1, 0.15) is 33.9 Å². The number of carbonyl (C=O) groups is 2. The van der Waals surface area contributed by atoms with Crippen LogP contribution in [0.3, 0.4) is 0 Å². The van der Waals surface area contributed by atoms with E-state index in [0.717, 1.165) is 11.1 Å². The zero-order valence-corrected chi connectivity index (χ0v) is 14.2. The van der Waals surface area contributed by atoms with Crippen LogP contribution in [0.15, 0.2) is 48.5 Å². The fraction of sp³-hybridized carbons (Fsp3) is 0.263. The Labute approximate surface area is 142 Å². The summed E-state index contributed by atoms with van der Waals surface area (Å²) >= 11 is 0. The first-order valence-corrected chi connectivity index (χ1v) is 7.81. The SMILES string of the molecule is Cc1ccc(C(=O)N(C)C)cc1NC(=O)CC(N)c1ccccc1. The summed E-state index contributed by atoms with van der Waals surface area (Å²) in [5.74, 6) is -0.282. The Hall–Kier alpha value is -2.66. The van der Waals surface area contributed by atoms with Crippen LogP contribution in [0.2, 0.25) is 0 Å². The average molecular weight is 325 g/mol. The van der Waals surface area contributed by atoms with Crippen molar-refractivity contribution in [3.63, 3.8) is 0 Å². The molecule has 3 N–H and O–H groups in total. The third-order valence-electron chi connectivity index (χ3n) is 3.80. The largest absolute Gasteiger partial charge is 0.345 e. The highest BCUT2D eigenvalue weighted by Crippen LogP contribution is 2.20. The number of anilines is 1. The molecule has 0 aliphatic carbocycles. The highest BCUT2D eigenvalue weighted by atomic mass is 16.2. The molecule has 0 bridgehead atoms. The molecule has 24 heavy (non-hydrogen) atoms. The van der Waals surface area contributed by atoms with E-state index in [2.05, 4.69) is 5.32 Å². The average Bonchev–Trinajstić information content (AvgIpc) is 2.56. The second kappa shape index (κ2) is 7.75. The zero-order chi connectivity index (χ0) is 17.7. The highest BCUT2D eigenvalue weighted by molar-refractivity contribution is 5.97. The van der Waals surface area contributed by atoms with Gasteiger partial charge in [0.15, 0.2) is 0 Å². The lowest BCUT2D eigenvalue weighted by Crippen LogP contribution is -2.23. The van der Waals surface area contributed by atoms with Gasteiger partial charge in [0.2, 0.25) is 5.91 Å². The number of hydrogen-bond acceptors (Lipinski definition) is 3. The summed E-state index contributed by atoms with van der Waals surface area (Å²) in [6, 6.07) is 14.4. The van der Waals surface area contributed by atoms with Crippen molar-refractivity contribution in [2.24, 2.45) is 5.73 Å². The molecule has 0 spiro atoms. The van der Waals surface area contributed by atoms with E-state index in [1.165, 1.54) is 4.90 Å². The second-order valence-corrected chi connectivity index (χ2v) is 6.00. The molecule has 2 rings (SSSR count). The molecular weight excluding hydrogens is 302 g/mol. The van der Waals surface area contributed by atoms with Crippen molar-refractivity contribution < 1.29 is 9.59 Å². The Morgan fingerprint density at radius 1 is 1.12 bits per heavy atom. The normalized spacial score (nSPS) is 11.7. The lowest BCUT2D eigenvalue weighted by molar-refractivity contribution is -0.116. The molecule has 2 amide bonds. The smallest absolute Gasteiger partial charge is 0.253 e. The number of aryl methyl sites for hydroxylation is 1. The predicted octanol–water partition coefficient (Wildman–Crippen LogP) is 2.73. The molecule has 0 aliphatic rings. The maximum atomic E-state index is 12.3. The molecule has 5 nitrogen and oxygen atoms in total. The van der Waals surface area contributed by atoms with Gasteiger partial charge < -0.3 is 16.0 Å². The molecule has 0 aromatic heterocycles. The number of nitrogens with zero attached hydrogens (tertiary/aromatic N) is 1. The third-order valence-corrected chi connectivity index (χ3v) is 3.80. The van der Waals surface area contributed by atoms with Gasteiger partial charge in [0.05, 0.1) is 0 Å². The van der Waals surface area contributed by atoms with Crippen molar-refractivity contribution >= 4 is 17.5 Å². The Morgan fingerprint density at radius 3 is 2.42 bits per heavy atom. The van der Waals surface area contributed by atoms with Crippen LogP contribution in [0.4, 0.5) is 5.69 Å². The van der Waals surface area contributed by atoms with Crippen molar-refractivity contribution in [1.29, 1.82) is 0 Å². The first-order chi connectivity index (χ1) is 11.4. The standard InChI is InChI=1S/C19H23N3O2/c1-13-9-10-15(19(24)22(2)3)11-17(13)21-18(23)12-16(20)14-7-5-4-6-8-14/h4-11,16H,12,20H2,1-3H3,(H,21,23). The van der Waals surface area contributed by atoms with Crippen LogP contribution in [-0.4, -0.2) is 30.8 Å². The molecule has 126 valence electrons. The van der Waals surface area contributed by atoms with Gasteiger partial charge in [-0.3, -0.25) is 9.59 Å². The summed E-state index contributed by atoms with van der Waals surface area (Å²) in [6.45, 7) is 1.89. The summed E-state index contributed by atoms with van der Waals surface area (Å²) < 4.78 is 0. The van der Waals surface area contributed by atoms with Gasteiger partial charge in [0.25, 0.3) is 5.91 Å². The Kier molecular flexibility index (Phi) is 5.71. The fourth-order valence-corrected chi connectivity index (χ4v) is 2.37. The first kappa shape index (κ1) is 17.7. The van der Waals surface area contributed by atoms with Crippen LogP contribution < -0.4 is 11.1 Å². The maximum Gasteiger partial charge on any atom is 0.253 e. The van der Waals surface area contributed by atoms with Crippen molar-refractivity contribution in [2.45, 2.75) is 19.4 Å². The number of nitrogens with two attached hydrogens (primary N) is 1. The molecule has 1 unspecified atom stereocenters. The van der Waals surface area contributed by atoms with Gasteiger partial charge in [-0.25, -0.2) is 0 Å². The summed E-state index contributed by atoms with van der Waals surface area (Å²) in [5, 5.41) is 2.86. The van der Waals surface area contributed by atoms with Crippen LogP contribution in [0.25, 0.3) is 0 Å². The summed E-state index contributed by atoms with van der Waals surface area (Å²) in [6.07, 6.45) is 0.176. The van der Waals surface area contributed by atoms with Gasteiger partial charge in [-0.15, -0.1) is 0 Å². The lowest BCUT2D eigenvalue weighted by Gasteiger charge is -2.15. The number of carbonyl (C=O) groups excluding carboxylic acids is 2. The van der Waals surface area contributed by atoms with Crippen LogP contribution >= 0.6 is 0 Å². The van der Waals surface area contributed by atoms with Crippen molar-refractivity contribution in [3.8, 4) is 0 Å². The molecule has 5 heteroatoms. The molecule has 0 saturated heterocycles. The molecule has 1 atom stereocenters. The zero-order valence-electron chi connectivity index (χ0n) is 14.2. The third kappa shape index (κ3) is 4.43. The van der Waals surface area contributed by atoms with E-state index in [1.54, 1.807) is 26.2 Å². The van der Waals surface area contributed by atoms with Crippen LogP contribution in [0, 0.1) is 6.92 Å². The van der Waals surface area contributed by atoms with Crippen molar-refractivity contribution in [2.75, 3.05) is 19.4 Å². The van der Waals surface area contributed by atoms with Gasteiger partial charge in [0, 0.05) is 37.8 Å². The Bertz CT molecular complexity index is 727. The van der Waals surface area contributed by atoms with E-state index < -0.39 is 0 Å². The summed E-state index contributed by atoms with van der Waals surface area (Å²) in [4.78, 5) is 25.8. The molecule has 0 fully saturated rings. The van der Waals surface area contributed by atoms with Gasteiger partial charge in [0.1, 0.15) is 0 Å². The number of nitrogens with one attached hydrogen (secondary N) is 1.